The minimum absolute atomic E-state index is 0.888. The van der Waals surface area contributed by atoms with E-state index in [0.717, 1.165) is 11.8 Å². The molecule has 2 aliphatic rings. The van der Waals surface area contributed by atoms with Gasteiger partial charge in [-0.2, -0.15) is 0 Å². The first kappa shape index (κ1) is 14.3. The van der Waals surface area contributed by atoms with Crippen molar-refractivity contribution < 1.29 is 0 Å². The van der Waals surface area contributed by atoms with Gasteiger partial charge in [0.15, 0.2) is 0 Å². The maximum absolute atomic E-state index is 3.73. The van der Waals surface area contributed by atoms with Crippen LogP contribution in [0.4, 0.5) is 0 Å². The molecule has 0 amide bonds. The Hall–Kier alpha value is -0.120. The van der Waals surface area contributed by atoms with Gasteiger partial charge in [0.05, 0.1) is 0 Å². The molecule has 1 unspecified atom stereocenters. The molecule has 3 heteroatoms. The van der Waals surface area contributed by atoms with Crippen molar-refractivity contribution in [2.24, 2.45) is 11.8 Å². The normalized spacial score (nSPS) is 28.7. The van der Waals surface area contributed by atoms with Crippen molar-refractivity contribution in [3.05, 3.63) is 0 Å². The first-order valence-corrected chi connectivity index (χ1v) is 7.89. The molecule has 18 heavy (non-hydrogen) atoms. The van der Waals surface area contributed by atoms with E-state index in [4.69, 9.17) is 0 Å². The molecule has 2 fully saturated rings. The van der Waals surface area contributed by atoms with Crippen LogP contribution in [0.3, 0.4) is 0 Å². The first-order chi connectivity index (χ1) is 8.78. The van der Waals surface area contributed by atoms with Gasteiger partial charge in [0.2, 0.25) is 0 Å². The van der Waals surface area contributed by atoms with Crippen molar-refractivity contribution in [3.63, 3.8) is 0 Å². The molecule has 0 spiro atoms. The Morgan fingerprint density at radius 1 is 1.00 bits per heavy atom. The van der Waals surface area contributed by atoms with Crippen LogP contribution in [0.25, 0.3) is 0 Å². The second-order valence-electron chi connectivity index (χ2n) is 6.31. The lowest BCUT2D eigenvalue weighted by molar-refractivity contribution is 0.180. The predicted octanol–water partition coefficient (Wildman–Crippen LogP) is 1.65. The van der Waals surface area contributed by atoms with Gasteiger partial charge in [-0.15, -0.1) is 0 Å². The molecule has 1 N–H and O–H groups in total. The summed E-state index contributed by atoms with van der Waals surface area (Å²) in [6.07, 6.45) is 5.60. The van der Waals surface area contributed by atoms with Gasteiger partial charge < -0.3 is 15.1 Å². The third-order valence-electron chi connectivity index (χ3n) is 4.74. The molecular formula is C15H31N3. The summed E-state index contributed by atoms with van der Waals surface area (Å²) in [6.45, 7) is 11.2. The molecule has 0 aromatic heterocycles. The fourth-order valence-electron chi connectivity index (χ4n) is 3.44. The summed E-state index contributed by atoms with van der Waals surface area (Å²) in [5.74, 6) is 1.81. The Morgan fingerprint density at radius 2 is 1.72 bits per heavy atom. The predicted molar refractivity (Wildman–Crippen MR) is 77.9 cm³/mol. The fraction of sp³-hybridized carbons (Fsp3) is 1.00. The van der Waals surface area contributed by atoms with Gasteiger partial charge >= 0.3 is 0 Å². The van der Waals surface area contributed by atoms with Crippen LogP contribution < -0.4 is 5.32 Å². The van der Waals surface area contributed by atoms with Crippen molar-refractivity contribution in [2.45, 2.75) is 32.6 Å². The Morgan fingerprint density at radius 3 is 2.39 bits per heavy atom. The van der Waals surface area contributed by atoms with E-state index in [0.29, 0.717) is 0 Å². The van der Waals surface area contributed by atoms with Gasteiger partial charge in [0.25, 0.3) is 0 Å². The molecule has 106 valence electrons. The first-order valence-electron chi connectivity index (χ1n) is 7.89. The molecule has 0 aromatic rings. The summed E-state index contributed by atoms with van der Waals surface area (Å²) in [7, 11) is 2.26. The van der Waals surface area contributed by atoms with Gasteiger partial charge in [0, 0.05) is 6.54 Å². The zero-order valence-electron chi connectivity index (χ0n) is 12.3. The summed E-state index contributed by atoms with van der Waals surface area (Å²) in [5.41, 5.74) is 0. The smallest absolute Gasteiger partial charge is 0.00187 e. The van der Waals surface area contributed by atoms with Crippen LogP contribution in [0.15, 0.2) is 0 Å². The fourth-order valence-corrected chi connectivity index (χ4v) is 3.44. The third-order valence-corrected chi connectivity index (χ3v) is 4.74. The van der Waals surface area contributed by atoms with E-state index in [1.54, 1.807) is 0 Å². The van der Waals surface area contributed by atoms with Crippen LogP contribution in [-0.2, 0) is 0 Å². The van der Waals surface area contributed by atoms with Crippen LogP contribution in [0.2, 0.25) is 0 Å². The van der Waals surface area contributed by atoms with Gasteiger partial charge in [-0.3, -0.25) is 0 Å². The van der Waals surface area contributed by atoms with Crippen molar-refractivity contribution in [1.29, 1.82) is 0 Å². The van der Waals surface area contributed by atoms with E-state index < -0.39 is 0 Å². The van der Waals surface area contributed by atoms with E-state index in [-0.39, 0.29) is 0 Å². The zero-order chi connectivity index (χ0) is 12.8. The minimum atomic E-state index is 0.888. The molecule has 3 nitrogen and oxygen atoms in total. The molecule has 0 aliphatic carbocycles. The van der Waals surface area contributed by atoms with Gasteiger partial charge in [-0.05, 0) is 83.8 Å². The largest absolute Gasteiger partial charge is 0.316 e. The molecule has 0 aromatic carbocycles. The molecule has 1 atom stereocenters. The summed E-state index contributed by atoms with van der Waals surface area (Å²) in [6, 6.07) is 0. The molecular weight excluding hydrogens is 222 g/mol. The second kappa shape index (κ2) is 7.46. The van der Waals surface area contributed by atoms with Gasteiger partial charge in [0.1, 0.15) is 0 Å². The number of nitrogens with one attached hydrogen (secondary N) is 1. The highest BCUT2D eigenvalue weighted by molar-refractivity contribution is 4.76. The summed E-state index contributed by atoms with van der Waals surface area (Å²) >= 11 is 0. The Kier molecular flexibility index (Phi) is 5.93. The van der Waals surface area contributed by atoms with Crippen molar-refractivity contribution >= 4 is 0 Å². The highest BCUT2D eigenvalue weighted by Crippen LogP contribution is 2.17. The Balaban J connectivity index is 1.55. The van der Waals surface area contributed by atoms with Crippen LogP contribution in [0.1, 0.15) is 32.6 Å². The topological polar surface area (TPSA) is 18.5 Å². The number of hydrogen-bond acceptors (Lipinski definition) is 3. The summed E-state index contributed by atoms with van der Waals surface area (Å²) in [5, 5.41) is 3.73. The maximum Gasteiger partial charge on any atom is 0.00187 e. The van der Waals surface area contributed by atoms with E-state index in [1.807, 2.05) is 0 Å². The number of rotatable bonds is 5. The Bertz CT molecular complexity index is 224. The molecule has 0 radical (unpaired) electrons. The highest BCUT2D eigenvalue weighted by atomic mass is 15.1. The van der Waals surface area contributed by atoms with E-state index in [1.165, 1.54) is 71.5 Å². The average molecular weight is 253 g/mol. The van der Waals surface area contributed by atoms with E-state index in [9.17, 15) is 0 Å². The molecule has 2 saturated heterocycles. The highest BCUT2D eigenvalue weighted by Gasteiger charge is 2.19. The van der Waals surface area contributed by atoms with Gasteiger partial charge in [-0.25, -0.2) is 0 Å². The van der Waals surface area contributed by atoms with Crippen molar-refractivity contribution in [3.8, 4) is 0 Å². The summed E-state index contributed by atoms with van der Waals surface area (Å²) < 4.78 is 0. The average Bonchev–Trinajstić information content (AvgIpc) is 2.40. The maximum atomic E-state index is 3.73. The van der Waals surface area contributed by atoms with Crippen molar-refractivity contribution in [1.82, 2.24) is 15.1 Å². The lowest BCUT2D eigenvalue weighted by atomic mass is 9.95. The van der Waals surface area contributed by atoms with Crippen LogP contribution in [0.5, 0.6) is 0 Å². The molecule has 2 rings (SSSR count). The molecule has 0 bridgehead atoms. The van der Waals surface area contributed by atoms with Crippen LogP contribution in [0, 0.1) is 11.8 Å². The third kappa shape index (κ3) is 4.52. The number of hydrogen-bond donors (Lipinski definition) is 1. The van der Waals surface area contributed by atoms with E-state index >= 15 is 0 Å². The minimum Gasteiger partial charge on any atom is -0.316 e. The zero-order valence-corrected chi connectivity index (χ0v) is 12.3. The van der Waals surface area contributed by atoms with Crippen LogP contribution >= 0.6 is 0 Å². The van der Waals surface area contributed by atoms with Crippen LogP contribution in [-0.4, -0.2) is 62.7 Å². The quantitative estimate of drug-likeness (QED) is 0.804. The second-order valence-corrected chi connectivity index (χ2v) is 6.31. The Labute approximate surface area is 113 Å². The SMILES string of the molecule is CCN1CCC(CNCC2CCCN(C)C2)CC1. The number of nitrogens with zero attached hydrogens (tertiary/aromatic N) is 2. The standard InChI is InChI=1S/C15H31N3/c1-3-18-9-6-14(7-10-18)11-16-12-15-5-4-8-17(2)13-15/h14-16H,3-13H2,1-2H3. The van der Waals surface area contributed by atoms with Gasteiger partial charge in [-0.1, -0.05) is 6.92 Å². The lowest BCUT2D eigenvalue weighted by Gasteiger charge is -2.33. The van der Waals surface area contributed by atoms with Crippen molar-refractivity contribution in [2.75, 3.05) is 52.9 Å². The van der Waals surface area contributed by atoms with E-state index in [2.05, 4.69) is 29.1 Å². The number of likely N-dealkylation sites (tertiary alicyclic amines) is 2. The molecule has 0 saturated carbocycles. The molecule has 2 heterocycles. The lowest BCUT2D eigenvalue weighted by Crippen LogP contribution is -2.40. The molecule has 2 aliphatic heterocycles. The monoisotopic (exact) mass is 253 g/mol. The summed E-state index contributed by atoms with van der Waals surface area (Å²) in [4.78, 5) is 5.06. The number of piperidine rings is 2.